The lowest BCUT2D eigenvalue weighted by Gasteiger charge is -2.17. The Morgan fingerprint density at radius 1 is 1.22 bits per heavy atom. The smallest absolute Gasteiger partial charge is 0.230 e. The van der Waals surface area contributed by atoms with Gasteiger partial charge >= 0.3 is 0 Å². The first-order valence-electron chi connectivity index (χ1n) is 7.34. The van der Waals surface area contributed by atoms with Crippen LogP contribution in [-0.2, 0) is 10.2 Å². The van der Waals surface area contributed by atoms with Crippen molar-refractivity contribution in [3.05, 3.63) is 59.9 Å². The molecule has 1 aliphatic carbocycles. The van der Waals surface area contributed by atoms with Crippen molar-refractivity contribution in [2.24, 2.45) is 0 Å². The first-order chi connectivity index (χ1) is 11.1. The lowest BCUT2D eigenvalue weighted by molar-refractivity contribution is -0.118. The number of aromatic nitrogens is 1. The maximum absolute atomic E-state index is 13.9. The van der Waals surface area contributed by atoms with Gasteiger partial charge in [-0.05, 0) is 36.6 Å². The molecule has 0 spiro atoms. The van der Waals surface area contributed by atoms with E-state index in [-0.39, 0.29) is 11.3 Å². The summed E-state index contributed by atoms with van der Waals surface area (Å²) in [7, 11) is 0. The van der Waals surface area contributed by atoms with Gasteiger partial charge in [-0.2, -0.15) is 0 Å². The molecule has 2 aromatic rings. The predicted molar refractivity (Wildman–Crippen MR) is 85.2 cm³/mol. The van der Waals surface area contributed by atoms with Crippen molar-refractivity contribution in [1.82, 2.24) is 10.3 Å². The normalized spacial score (nSPS) is 15.2. The van der Waals surface area contributed by atoms with Crippen molar-refractivity contribution in [2.75, 3.05) is 12.3 Å². The molecule has 1 N–H and O–H groups in total. The molecule has 1 aromatic carbocycles. The van der Waals surface area contributed by atoms with E-state index in [0.717, 1.165) is 23.8 Å². The molecule has 1 aromatic heterocycles. The molecule has 1 saturated carbocycles. The number of rotatable bonds is 6. The van der Waals surface area contributed by atoms with Crippen LogP contribution in [0.4, 0.5) is 8.78 Å². The van der Waals surface area contributed by atoms with Crippen molar-refractivity contribution in [3.63, 3.8) is 0 Å². The molecule has 0 radical (unpaired) electrons. The number of carbonyl (C=O) groups is 1. The van der Waals surface area contributed by atoms with E-state index in [4.69, 9.17) is 0 Å². The van der Waals surface area contributed by atoms with Gasteiger partial charge in [0.05, 0.1) is 5.75 Å². The van der Waals surface area contributed by atoms with Gasteiger partial charge < -0.3 is 5.32 Å². The highest BCUT2D eigenvalue weighted by Gasteiger charge is 2.46. The summed E-state index contributed by atoms with van der Waals surface area (Å²) in [5.41, 5.74) is 0.107. The Morgan fingerprint density at radius 3 is 2.61 bits per heavy atom. The summed E-state index contributed by atoms with van der Waals surface area (Å²) in [6, 6.07) is 7.33. The molecule has 1 fully saturated rings. The first-order valence-corrected chi connectivity index (χ1v) is 8.33. The predicted octanol–water partition coefficient (Wildman–Crippen LogP) is 3.30. The van der Waals surface area contributed by atoms with Gasteiger partial charge in [-0.1, -0.05) is 6.07 Å². The second kappa shape index (κ2) is 6.66. The van der Waals surface area contributed by atoms with Gasteiger partial charge in [0, 0.05) is 35.3 Å². The molecule has 0 saturated heterocycles. The quantitative estimate of drug-likeness (QED) is 0.824. The Kier molecular flexibility index (Phi) is 4.61. The molecule has 0 aliphatic heterocycles. The molecule has 120 valence electrons. The van der Waals surface area contributed by atoms with E-state index < -0.39 is 11.6 Å². The molecule has 0 unspecified atom stereocenters. The number of pyridine rings is 1. The number of thioether (sulfide) groups is 1. The number of nitrogens with one attached hydrogen (secondary N) is 1. The third-order valence-electron chi connectivity index (χ3n) is 4.00. The third kappa shape index (κ3) is 3.88. The van der Waals surface area contributed by atoms with Gasteiger partial charge in [0.1, 0.15) is 11.6 Å². The van der Waals surface area contributed by atoms with E-state index in [1.54, 1.807) is 12.4 Å². The van der Waals surface area contributed by atoms with Crippen molar-refractivity contribution in [2.45, 2.75) is 23.2 Å². The van der Waals surface area contributed by atoms with Crippen LogP contribution in [-0.4, -0.2) is 23.2 Å². The van der Waals surface area contributed by atoms with Crippen LogP contribution in [0.2, 0.25) is 0 Å². The van der Waals surface area contributed by atoms with E-state index in [1.807, 2.05) is 12.1 Å². The number of amides is 1. The highest BCUT2D eigenvalue weighted by Crippen LogP contribution is 2.48. The number of halogens is 2. The maximum Gasteiger partial charge on any atom is 0.230 e. The second-order valence-electron chi connectivity index (χ2n) is 5.65. The number of hydrogen-bond acceptors (Lipinski definition) is 3. The summed E-state index contributed by atoms with van der Waals surface area (Å²) >= 11 is 1.42. The fourth-order valence-electron chi connectivity index (χ4n) is 2.51. The molecule has 3 rings (SSSR count). The Labute approximate surface area is 137 Å². The second-order valence-corrected chi connectivity index (χ2v) is 6.70. The number of benzene rings is 1. The monoisotopic (exact) mass is 334 g/mol. The lowest BCUT2D eigenvalue weighted by Crippen LogP contribution is -2.33. The van der Waals surface area contributed by atoms with Gasteiger partial charge in [-0.25, -0.2) is 8.78 Å². The topological polar surface area (TPSA) is 42.0 Å². The fourth-order valence-corrected chi connectivity index (χ4v) is 3.23. The Bertz CT molecular complexity index is 705. The van der Waals surface area contributed by atoms with Crippen LogP contribution in [0.25, 0.3) is 0 Å². The molecular weight excluding hydrogens is 318 g/mol. The minimum absolute atomic E-state index is 0.0967. The van der Waals surface area contributed by atoms with Gasteiger partial charge in [-0.15, -0.1) is 11.8 Å². The van der Waals surface area contributed by atoms with Crippen LogP contribution >= 0.6 is 11.8 Å². The van der Waals surface area contributed by atoms with Gasteiger partial charge in [0.2, 0.25) is 5.91 Å². The number of carbonyl (C=O) groups excluding carboxylic acids is 1. The van der Waals surface area contributed by atoms with Gasteiger partial charge in [0.25, 0.3) is 0 Å². The molecule has 23 heavy (non-hydrogen) atoms. The van der Waals surface area contributed by atoms with Crippen molar-refractivity contribution >= 4 is 17.7 Å². The van der Waals surface area contributed by atoms with E-state index >= 15 is 0 Å². The summed E-state index contributed by atoms with van der Waals surface area (Å²) in [5.74, 6) is -0.922. The van der Waals surface area contributed by atoms with Crippen molar-refractivity contribution in [1.29, 1.82) is 0 Å². The Hall–Kier alpha value is -1.95. The average molecular weight is 334 g/mol. The molecule has 6 heteroatoms. The highest BCUT2D eigenvalue weighted by atomic mass is 32.2. The van der Waals surface area contributed by atoms with Crippen LogP contribution in [0.15, 0.2) is 47.6 Å². The van der Waals surface area contributed by atoms with Crippen molar-refractivity contribution in [3.8, 4) is 0 Å². The van der Waals surface area contributed by atoms with Gasteiger partial charge in [-0.3, -0.25) is 9.78 Å². The maximum atomic E-state index is 13.9. The molecule has 1 amide bonds. The van der Waals surface area contributed by atoms with Crippen LogP contribution in [0.3, 0.4) is 0 Å². The lowest BCUT2D eigenvalue weighted by atomic mass is 9.95. The minimum Gasteiger partial charge on any atom is -0.354 e. The molecule has 0 atom stereocenters. The summed E-state index contributed by atoms with van der Waals surface area (Å²) in [6.07, 6.45) is 4.95. The zero-order valence-corrected chi connectivity index (χ0v) is 13.2. The molecule has 1 heterocycles. The Balaban J connectivity index is 1.54. The molecule has 0 bridgehead atoms. The summed E-state index contributed by atoms with van der Waals surface area (Å²) in [4.78, 5) is 16.9. The minimum atomic E-state index is -0.583. The third-order valence-corrected chi connectivity index (χ3v) is 5.01. The summed E-state index contributed by atoms with van der Waals surface area (Å²) in [6.45, 7) is 0.380. The average Bonchev–Trinajstić information content (AvgIpc) is 3.33. The standard InChI is InChI=1S/C17H16F2N2OS/c18-12-1-2-14(15(19)9-12)17(5-6-17)11-21-16(22)10-23-13-3-7-20-8-4-13/h1-4,7-9H,5-6,10-11H2,(H,21,22). The first kappa shape index (κ1) is 15.9. The molecular formula is C17H16F2N2OS. The highest BCUT2D eigenvalue weighted by molar-refractivity contribution is 8.00. The van der Waals surface area contributed by atoms with E-state index in [0.29, 0.717) is 17.9 Å². The molecule has 1 aliphatic rings. The summed E-state index contributed by atoms with van der Waals surface area (Å²) < 4.78 is 26.9. The van der Waals surface area contributed by atoms with Crippen LogP contribution < -0.4 is 5.32 Å². The SMILES string of the molecule is O=C(CSc1ccncc1)NCC1(c2ccc(F)cc2F)CC1. The number of nitrogens with zero attached hydrogens (tertiary/aromatic N) is 1. The van der Waals surface area contributed by atoms with Crippen LogP contribution in [0.5, 0.6) is 0 Å². The number of hydrogen-bond donors (Lipinski definition) is 1. The van der Waals surface area contributed by atoms with E-state index in [1.165, 1.54) is 23.9 Å². The Morgan fingerprint density at radius 2 is 1.96 bits per heavy atom. The van der Waals surface area contributed by atoms with Crippen molar-refractivity contribution < 1.29 is 13.6 Å². The van der Waals surface area contributed by atoms with Crippen LogP contribution in [0.1, 0.15) is 18.4 Å². The van der Waals surface area contributed by atoms with Gasteiger partial charge in [0.15, 0.2) is 0 Å². The zero-order valence-electron chi connectivity index (χ0n) is 12.4. The largest absolute Gasteiger partial charge is 0.354 e. The van der Waals surface area contributed by atoms with E-state index in [9.17, 15) is 13.6 Å². The summed E-state index contributed by atoms with van der Waals surface area (Å²) in [5, 5.41) is 2.86. The molecule has 3 nitrogen and oxygen atoms in total. The van der Waals surface area contributed by atoms with Crippen LogP contribution in [0, 0.1) is 11.6 Å². The fraction of sp³-hybridized carbons (Fsp3) is 0.294. The van der Waals surface area contributed by atoms with E-state index in [2.05, 4.69) is 10.3 Å². The zero-order chi connectivity index (χ0) is 16.3.